The Morgan fingerprint density at radius 1 is 1.03 bits per heavy atom. The first kappa shape index (κ1) is 23.8. The standard InChI is InChI=1S/C25H30N4O4/c1-16(29(17(2)30)19-12-20(32-5)14-21(13-19)33-6)24(31)26-23-15-22(27-28-23)25(3,4)18-10-8-7-9-11-18/h7-16H,1-6H3,(H2,26,27,28,31). The van der Waals surface area contributed by atoms with Crippen LogP contribution in [0.1, 0.15) is 39.0 Å². The highest BCUT2D eigenvalue weighted by atomic mass is 16.5. The van der Waals surface area contributed by atoms with E-state index >= 15 is 0 Å². The quantitative estimate of drug-likeness (QED) is 0.538. The number of hydrogen-bond acceptors (Lipinski definition) is 5. The van der Waals surface area contributed by atoms with Gasteiger partial charge in [0, 0.05) is 42.3 Å². The maximum absolute atomic E-state index is 13.0. The maximum Gasteiger partial charge on any atom is 0.248 e. The summed E-state index contributed by atoms with van der Waals surface area (Å²) in [6, 6.07) is 16.1. The predicted octanol–water partition coefficient (Wildman–Crippen LogP) is 4.13. The number of benzene rings is 2. The molecule has 8 heteroatoms. The Kier molecular flexibility index (Phi) is 7.06. The molecular weight excluding hydrogens is 420 g/mol. The van der Waals surface area contributed by atoms with Crippen molar-refractivity contribution in [3.63, 3.8) is 0 Å². The predicted molar refractivity (Wildman–Crippen MR) is 128 cm³/mol. The Labute approximate surface area is 193 Å². The Bertz CT molecular complexity index is 1100. The van der Waals surface area contributed by atoms with E-state index in [0.29, 0.717) is 23.0 Å². The fourth-order valence-corrected chi connectivity index (χ4v) is 3.67. The van der Waals surface area contributed by atoms with E-state index < -0.39 is 6.04 Å². The van der Waals surface area contributed by atoms with Crippen LogP contribution in [0.4, 0.5) is 11.5 Å². The molecule has 2 N–H and O–H groups in total. The third kappa shape index (κ3) is 5.16. The van der Waals surface area contributed by atoms with Gasteiger partial charge < -0.3 is 19.7 Å². The minimum absolute atomic E-state index is 0.291. The van der Waals surface area contributed by atoms with Gasteiger partial charge in [0.2, 0.25) is 11.8 Å². The SMILES string of the molecule is COc1cc(OC)cc(N(C(C)=O)C(C)C(=O)Nc2cc(C(C)(C)c3ccccc3)[nH]n2)c1. The molecule has 3 aromatic rings. The third-order valence-corrected chi connectivity index (χ3v) is 5.72. The number of methoxy groups -OCH3 is 2. The molecule has 0 fully saturated rings. The van der Waals surface area contributed by atoms with Crippen LogP contribution in [0.2, 0.25) is 0 Å². The molecule has 1 aromatic heterocycles. The second kappa shape index (κ2) is 9.77. The van der Waals surface area contributed by atoms with E-state index in [1.165, 1.54) is 26.0 Å². The lowest BCUT2D eigenvalue weighted by atomic mass is 9.82. The molecule has 8 nitrogen and oxygen atoms in total. The summed E-state index contributed by atoms with van der Waals surface area (Å²) < 4.78 is 10.6. The smallest absolute Gasteiger partial charge is 0.248 e. The highest BCUT2D eigenvalue weighted by Gasteiger charge is 2.29. The van der Waals surface area contributed by atoms with Gasteiger partial charge in [-0.15, -0.1) is 0 Å². The monoisotopic (exact) mass is 450 g/mol. The number of nitrogens with zero attached hydrogens (tertiary/aromatic N) is 2. The van der Waals surface area contributed by atoms with Crippen molar-refractivity contribution >= 4 is 23.3 Å². The number of ether oxygens (including phenoxy) is 2. The van der Waals surface area contributed by atoms with E-state index in [2.05, 4.69) is 29.4 Å². The third-order valence-electron chi connectivity index (χ3n) is 5.72. The van der Waals surface area contributed by atoms with E-state index in [9.17, 15) is 9.59 Å². The Balaban J connectivity index is 1.82. The zero-order valence-corrected chi connectivity index (χ0v) is 19.8. The number of H-pyrrole nitrogens is 1. The topological polar surface area (TPSA) is 96.5 Å². The molecule has 1 unspecified atom stereocenters. The van der Waals surface area contributed by atoms with Crippen LogP contribution in [0, 0.1) is 0 Å². The largest absolute Gasteiger partial charge is 0.497 e. The van der Waals surface area contributed by atoms with Gasteiger partial charge in [0.15, 0.2) is 5.82 Å². The molecule has 0 aliphatic heterocycles. The zero-order chi connectivity index (χ0) is 24.2. The minimum Gasteiger partial charge on any atom is -0.497 e. The van der Waals surface area contributed by atoms with E-state index in [1.807, 2.05) is 36.4 Å². The van der Waals surface area contributed by atoms with Gasteiger partial charge in [0.05, 0.1) is 19.9 Å². The molecule has 0 bridgehead atoms. The van der Waals surface area contributed by atoms with Crippen molar-refractivity contribution in [2.45, 2.75) is 39.2 Å². The summed E-state index contributed by atoms with van der Waals surface area (Å²) in [5.74, 6) is 0.757. The molecular formula is C25H30N4O4. The van der Waals surface area contributed by atoms with E-state index in [0.717, 1.165) is 11.3 Å². The summed E-state index contributed by atoms with van der Waals surface area (Å²) in [7, 11) is 3.05. The van der Waals surface area contributed by atoms with Gasteiger partial charge >= 0.3 is 0 Å². The minimum atomic E-state index is -0.804. The average Bonchev–Trinajstić information content (AvgIpc) is 3.28. The lowest BCUT2D eigenvalue weighted by Gasteiger charge is -2.27. The fourth-order valence-electron chi connectivity index (χ4n) is 3.67. The molecule has 0 aliphatic rings. The van der Waals surface area contributed by atoms with Crippen LogP contribution in [0.3, 0.4) is 0 Å². The maximum atomic E-state index is 13.0. The van der Waals surface area contributed by atoms with E-state index in [1.54, 1.807) is 25.1 Å². The van der Waals surface area contributed by atoms with E-state index in [-0.39, 0.29) is 17.2 Å². The average molecular weight is 451 g/mol. The number of nitrogens with one attached hydrogen (secondary N) is 2. The first-order valence-corrected chi connectivity index (χ1v) is 10.6. The Morgan fingerprint density at radius 2 is 1.64 bits per heavy atom. The van der Waals surface area contributed by atoms with Crippen LogP contribution in [0.15, 0.2) is 54.6 Å². The number of amides is 2. The fraction of sp³-hybridized carbons (Fsp3) is 0.320. The number of hydrogen-bond donors (Lipinski definition) is 2. The molecule has 0 aliphatic carbocycles. The summed E-state index contributed by atoms with van der Waals surface area (Å²) in [5, 5.41) is 10.1. The first-order valence-electron chi connectivity index (χ1n) is 10.6. The first-order chi connectivity index (χ1) is 15.7. The highest BCUT2D eigenvalue weighted by Crippen LogP contribution is 2.32. The van der Waals surface area contributed by atoms with Gasteiger partial charge in [0.25, 0.3) is 0 Å². The van der Waals surface area contributed by atoms with Gasteiger partial charge in [-0.2, -0.15) is 5.10 Å². The van der Waals surface area contributed by atoms with Crippen LogP contribution >= 0.6 is 0 Å². The highest BCUT2D eigenvalue weighted by molar-refractivity contribution is 6.04. The molecule has 2 aromatic carbocycles. The van der Waals surface area contributed by atoms with Crippen LogP contribution in [0.5, 0.6) is 11.5 Å². The molecule has 174 valence electrons. The van der Waals surface area contributed by atoms with Gasteiger partial charge in [-0.3, -0.25) is 14.7 Å². The van der Waals surface area contributed by atoms with Gasteiger partial charge in [-0.1, -0.05) is 44.2 Å². The van der Waals surface area contributed by atoms with Gasteiger partial charge in [0.1, 0.15) is 17.5 Å². The van der Waals surface area contributed by atoms with Crippen molar-refractivity contribution in [1.82, 2.24) is 10.2 Å². The van der Waals surface area contributed by atoms with Crippen molar-refractivity contribution in [1.29, 1.82) is 0 Å². The number of aromatic amines is 1. The van der Waals surface area contributed by atoms with Gasteiger partial charge in [-0.25, -0.2) is 0 Å². The van der Waals surface area contributed by atoms with Crippen LogP contribution < -0.4 is 19.7 Å². The number of carbonyl (C=O) groups is 2. The molecule has 0 radical (unpaired) electrons. The van der Waals surface area contributed by atoms with Crippen molar-refractivity contribution in [3.05, 3.63) is 65.9 Å². The van der Waals surface area contributed by atoms with Crippen molar-refractivity contribution < 1.29 is 19.1 Å². The van der Waals surface area contributed by atoms with Crippen LogP contribution in [0.25, 0.3) is 0 Å². The lowest BCUT2D eigenvalue weighted by Crippen LogP contribution is -2.45. The van der Waals surface area contributed by atoms with E-state index in [4.69, 9.17) is 9.47 Å². The molecule has 0 saturated heterocycles. The van der Waals surface area contributed by atoms with Crippen molar-refractivity contribution in [2.75, 3.05) is 24.4 Å². The number of anilines is 2. The molecule has 3 rings (SSSR count). The van der Waals surface area contributed by atoms with Crippen LogP contribution in [-0.4, -0.2) is 42.3 Å². The normalized spacial score (nSPS) is 12.1. The summed E-state index contributed by atoms with van der Waals surface area (Å²) in [6.07, 6.45) is 0. The van der Waals surface area contributed by atoms with Gasteiger partial charge in [-0.05, 0) is 12.5 Å². The second-order valence-corrected chi connectivity index (χ2v) is 8.28. The van der Waals surface area contributed by atoms with Crippen molar-refractivity contribution in [2.24, 2.45) is 0 Å². The van der Waals surface area contributed by atoms with Crippen LogP contribution in [-0.2, 0) is 15.0 Å². The molecule has 1 heterocycles. The number of rotatable bonds is 8. The Morgan fingerprint density at radius 3 is 2.18 bits per heavy atom. The second-order valence-electron chi connectivity index (χ2n) is 8.28. The lowest BCUT2D eigenvalue weighted by molar-refractivity contribution is -0.122. The summed E-state index contributed by atoms with van der Waals surface area (Å²) in [6.45, 7) is 7.23. The van der Waals surface area contributed by atoms with Crippen molar-refractivity contribution in [3.8, 4) is 11.5 Å². The summed E-state index contributed by atoms with van der Waals surface area (Å²) in [5.41, 5.74) is 2.15. The molecule has 1 atom stereocenters. The molecule has 0 spiro atoms. The summed E-state index contributed by atoms with van der Waals surface area (Å²) in [4.78, 5) is 26.9. The number of carbonyl (C=O) groups excluding carboxylic acids is 2. The molecule has 0 saturated carbocycles. The number of aromatic nitrogens is 2. The summed E-state index contributed by atoms with van der Waals surface area (Å²) >= 11 is 0. The molecule has 2 amide bonds. The zero-order valence-electron chi connectivity index (χ0n) is 19.8. The Hall–Kier alpha value is -3.81. The molecule has 33 heavy (non-hydrogen) atoms.